The molecule has 0 aliphatic heterocycles. The number of nitrogens with one attached hydrogen (secondary N) is 2. The first-order valence-corrected chi connectivity index (χ1v) is 10.5. The molecule has 0 aliphatic carbocycles. The van der Waals surface area contributed by atoms with E-state index in [4.69, 9.17) is 10.5 Å². The molecule has 11 nitrogen and oxygen atoms in total. The van der Waals surface area contributed by atoms with Crippen molar-refractivity contribution in [3.63, 3.8) is 0 Å². The molecular formula is C22H34N4O7. The minimum Gasteiger partial charge on any atom is -0.508 e. The van der Waals surface area contributed by atoms with E-state index in [0.717, 1.165) is 4.90 Å². The van der Waals surface area contributed by atoms with Crippen LogP contribution in [0.1, 0.15) is 52.6 Å². The van der Waals surface area contributed by atoms with Gasteiger partial charge in [0.2, 0.25) is 17.7 Å². The Hall–Kier alpha value is -3.34. The van der Waals surface area contributed by atoms with Crippen LogP contribution in [0.15, 0.2) is 24.3 Å². The molecule has 0 spiro atoms. The van der Waals surface area contributed by atoms with Crippen molar-refractivity contribution in [3.05, 3.63) is 29.8 Å². The normalized spacial score (nSPS) is 13.1. The average molecular weight is 467 g/mol. The number of aliphatic hydroxyl groups excluding tert-OH is 1. The predicted molar refractivity (Wildman–Crippen MR) is 120 cm³/mol. The fourth-order valence-electron chi connectivity index (χ4n) is 3.06. The summed E-state index contributed by atoms with van der Waals surface area (Å²) in [5.41, 5.74) is 4.68. The van der Waals surface area contributed by atoms with Gasteiger partial charge < -0.3 is 36.2 Å². The van der Waals surface area contributed by atoms with E-state index in [0.29, 0.717) is 0 Å². The number of benzene rings is 1. The smallest absolute Gasteiger partial charge is 0.408 e. The number of alkyl carbamates (subject to hydrolysis) is 1. The molecule has 0 radical (unpaired) electrons. The van der Waals surface area contributed by atoms with Crippen LogP contribution in [0.4, 0.5) is 4.79 Å². The van der Waals surface area contributed by atoms with Gasteiger partial charge in [-0.25, -0.2) is 4.79 Å². The molecule has 0 aliphatic rings. The summed E-state index contributed by atoms with van der Waals surface area (Å²) in [5.74, 6) is -2.41. The fraction of sp³-hybridized carbons (Fsp3) is 0.545. The number of hydrogen-bond donors (Lipinski definition) is 5. The van der Waals surface area contributed by atoms with E-state index in [1.54, 1.807) is 34.6 Å². The monoisotopic (exact) mass is 466 g/mol. The largest absolute Gasteiger partial charge is 0.508 e. The van der Waals surface area contributed by atoms with Crippen LogP contribution in [0, 0.1) is 0 Å². The van der Waals surface area contributed by atoms with Gasteiger partial charge in [-0.3, -0.25) is 14.4 Å². The molecule has 1 aromatic rings. The Morgan fingerprint density at radius 2 is 1.79 bits per heavy atom. The summed E-state index contributed by atoms with van der Waals surface area (Å²) in [7, 11) is 0. The fourth-order valence-corrected chi connectivity index (χ4v) is 3.06. The second-order valence-corrected chi connectivity index (χ2v) is 8.79. The van der Waals surface area contributed by atoms with Gasteiger partial charge in [0.25, 0.3) is 0 Å². The maximum atomic E-state index is 13.5. The topological polar surface area (TPSA) is 171 Å². The molecule has 4 amide bonds. The number of aromatic hydroxyl groups is 1. The van der Waals surface area contributed by atoms with E-state index in [2.05, 4.69) is 10.6 Å². The predicted octanol–water partition coefficient (Wildman–Crippen LogP) is 0.548. The SMILES string of the molecule is CC(C)NC(=O)C(c1cccc(O)c1)N(CCO)C(=O)C(CC(N)=O)NC(=O)OC(C)(C)C. The molecule has 0 saturated heterocycles. The highest BCUT2D eigenvalue weighted by atomic mass is 16.6. The van der Waals surface area contributed by atoms with Gasteiger partial charge in [-0.2, -0.15) is 0 Å². The van der Waals surface area contributed by atoms with E-state index < -0.39 is 54.5 Å². The number of carbonyl (C=O) groups excluding carboxylic acids is 4. The first-order valence-electron chi connectivity index (χ1n) is 10.5. The van der Waals surface area contributed by atoms with Crippen LogP contribution in [0.25, 0.3) is 0 Å². The average Bonchev–Trinajstić information content (AvgIpc) is 2.64. The summed E-state index contributed by atoms with van der Waals surface area (Å²) in [5, 5.41) is 24.6. The summed E-state index contributed by atoms with van der Waals surface area (Å²) >= 11 is 0. The minimum atomic E-state index is -1.45. The lowest BCUT2D eigenvalue weighted by Gasteiger charge is -2.34. The highest BCUT2D eigenvalue weighted by Gasteiger charge is 2.37. The molecular weight excluding hydrogens is 432 g/mol. The molecule has 0 fully saturated rings. The molecule has 2 atom stereocenters. The lowest BCUT2D eigenvalue weighted by molar-refractivity contribution is -0.144. The van der Waals surface area contributed by atoms with Crippen LogP contribution < -0.4 is 16.4 Å². The number of nitrogens with zero attached hydrogens (tertiary/aromatic N) is 1. The van der Waals surface area contributed by atoms with Crippen molar-refractivity contribution in [1.29, 1.82) is 0 Å². The van der Waals surface area contributed by atoms with Crippen molar-refractivity contribution in [1.82, 2.24) is 15.5 Å². The number of aliphatic hydroxyl groups is 1. The zero-order valence-corrected chi connectivity index (χ0v) is 19.6. The van der Waals surface area contributed by atoms with E-state index in [1.807, 2.05) is 0 Å². The maximum Gasteiger partial charge on any atom is 0.408 e. The van der Waals surface area contributed by atoms with Gasteiger partial charge in [0.1, 0.15) is 23.4 Å². The first-order chi connectivity index (χ1) is 15.2. The number of hydrogen-bond acceptors (Lipinski definition) is 7. The number of rotatable bonds is 10. The quantitative estimate of drug-likeness (QED) is 0.335. The van der Waals surface area contributed by atoms with Crippen LogP contribution >= 0.6 is 0 Å². The summed E-state index contributed by atoms with van der Waals surface area (Å²) in [6, 6.07) is 2.76. The van der Waals surface area contributed by atoms with Crippen LogP contribution in [0.2, 0.25) is 0 Å². The highest BCUT2D eigenvalue weighted by Crippen LogP contribution is 2.26. The molecule has 6 N–H and O–H groups in total. The van der Waals surface area contributed by atoms with E-state index in [9.17, 15) is 29.4 Å². The number of primary amides is 1. The number of phenolic OH excluding ortho intramolecular Hbond substituents is 1. The van der Waals surface area contributed by atoms with Crippen molar-refractivity contribution < 1.29 is 34.1 Å². The van der Waals surface area contributed by atoms with Gasteiger partial charge in [0.05, 0.1) is 13.0 Å². The molecule has 184 valence electrons. The number of carbonyl (C=O) groups is 4. The van der Waals surface area contributed by atoms with Crippen molar-refractivity contribution in [2.75, 3.05) is 13.2 Å². The molecule has 33 heavy (non-hydrogen) atoms. The number of ether oxygens (including phenoxy) is 1. The first kappa shape index (κ1) is 27.7. The summed E-state index contributed by atoms with van der Waals surface area (Å²) in [6.07, 6.45) is -1.51. The Balaban J connectivity index is 3.41. The van der Waals surface area contributed by atoms with E-state index in [1.165, 1.54) is 24.3 Å². The third-order valence-corrected chi connectivity index (χ3v) is 4.20. The van der Waals surface area contributed by atoms with Crippen LogP contribution in [0.3, 0.4) is 0 Å². The van der Waals surface area contributed by atoms with Crippen molar-refractivity contribution >= 4 is 23.8 Å². The van der Waals surface area contributed by atoms with E-state index >= 15 is 0 Å². The lowest BCUT2D eigenvalue weighted by atomic mass is 10.0. The molecule has 11 heteroatoms. The molecule has 1 rings (SSSR count). The summed E-state index contributed by atoms with van der Waals surface area (Å²) in [6.45, 7) is 7.55. The number of nitrogens with two attached hydrogens (primary N) is 1. The van der Waals surface area contributed by atoms with Gasteiger partial charge in [0, 0.05) is 12.6 Å². The van der Waals surface area contributed by atoms with Gasteiger partial charge in [-0.15, -0.1) is 0 Å². The number of amides is 4. The highest BCUT2D eigenvalue weighted by molar-refractivity contribution is 5.94. The van der Waals surface area contributed by atoms with Gasteiger partial charge >= 0.3 is 6.09 Å². The Morgan fingerprint density at radius 1 is 1.15 bits per heavy atom. The molecule has 0 bridgehead atoms. The summed E-state index contributed by atoms with van der Waals surface area (Å²) in [4.78, 5) is 51.5. The maximum absolute atomic E-state index is 13.5. The van der Waals surface area contributed by atoms with Crippen molar-refractivity contribution in [3.8, 4) is 5.75 Å². The second kappa shape index (κ2) is 12.0. The van der Waals surface area contributed by atoms with Crippen LogP contribution in [-0.2, 0) is 19.1 Å². The van der Waals surface area contributed by atoms with Crippen LogP contribution in [-0.4, -0.2) is 69.8 Å². The van der Waals surface area contributed by atoms with Crippen LogP contribution in [0.5, 0.6) is 5.75 Å². The molecule has 0 heterocycles. The zero-order valence-electron chi connectivity index (χ0n) is 19.6. The zero-order chi connectivity index (χ0) is 25.3. The Kier molecular flexibility index (Phi) is 10.1. The van der Waals surface area contributed by atoms with Gasteiger partial charge in [0.15, 0.2) is 0 Å². The summed E-state index contributed by atoms with van der Waals surface area (Å²) < 4.78 is 5.17. The Morgan fingerprint density at radius 3 is 2.27 bits per heavy atom. The van der Waals surface area contributed by atoms with Gasteiger partial charge in [-0.05, 0) is 52.3 Å². The Labute approximate surface area is 193 Å². The second-order valence-electron chi connectivity index (χ2n) is 8.79. The molecule has 2 unspecified atom stereocenters. The van der Waals surface area contributed by atoms with Gasteiger partial charge in [-0.1, -0.05) is 12.1 Å². The minimum absolute atomic E-state index is 0.133. The molecule has 0 saturated carbocycles. The Bertz CT molecular complexity index is 851. The molecule has 1 aromatic carbocycles. The van der Waals surface area contributed by atoms with E-state index in [-0.39, 0.29) is 23.9 Å². The van der Waals surface area contributed by atoms with Crippen molar-refractivity contribution in [2.24, 2.45) is 5.73 Å². The number of phenols is 1. The standard InChI is InChI=1S/C22H34N4O7/c1-13(2)24-19(30)18(14-7-6-8-15(28)11-14)26(9-10-27)20(31)16(12-17(23)29)25-21(32)33-22(3,4)5/h6-8,11,13,16,18,27-28H,9-10,12H2,1-5H3,(H2,23,29)(H,24,30)(H,25,32). The third-order valence-electron chi connectivity index (χ3n) is 4.20. The lowest BCUT2D eigenvalue weighted by Crippen LogP contribution is -2.55. The van der Waals surface area contributed by atoms with Crippen molar-refractivity contribution in [2.45, 2.75) is 64.8 Å². The third kappa shape index (κ3) is 9.36. The molecule has 0 aromatic heterocycles.